The molecule has 2 N–H and O–H groups in total. The third-order valence-electron chi connectivity index (χ3n) is 4.68. The van der Waals surface area contributed by atoms with Gasteiger partial charge in [-0.05, 0) is 29.7 Å². The molecule has 1 aliphatic rings. The standard InChI is InChI=1S/C20H23F2N3O/c1-2-14-3-5-15(6-4-14)19-12-23-9-10-25(19)13-20(26)24-18-11-16(21)7-8-17(18)22/h3-8,11,19,23H,2,9-10,12-13H2,1H3,(H,24,26). The van der Waals surface area contributed by atoms with Crippen molar-refractivity contribution in [3.8, 4) is 0 Å². The Morgan fingerprint density at radius 1 is 1.23 bits per heavy atom. The minimum absolute atomic E-state index is 0.0674. The van der Waals surface area contributed by atoms with Gasteiger partial charge in [-0.2, -0.15) is 0 Å². The van der Waals surface area contributed by atoms with Crippen LogP contribution in [0.25, 0.3) is 0 Å². The average molecular weight is 359 g/mol. The SMILES string of the molecule is CCc1ccc(C2CNCCN2CC(=O)Nc2cc(F)ccc2F)cc1. The summed E-state index contributed by atoms with van der Waals surface area (Å²) >= 11 is 0. The highest BCUT2D eigenvalue weighted by Crippen LogP contribution is 2.23. The van der Waals surface area contributed by atoms with Gasteiger partial charge < -0.3 is 10.6 Å². The van der Waals surface area contributed by atoms with Gasteiger partial charge in [0.15, 0.2) is 0 Å². The number of halogens is 2. The van der Waals surface area contributed by atoms with Gasteiger partial charge in [0.25, 0.3) is 0 Å². The van der Waals surface area contributed by atoms with Crippen molar-refractivity contribution in [1.29, 1.82) is 0 Å². The molecule has 1 heterocycles. The van der Waals surface area contributed by atoms with E-state index in [1.54, 1.807) is 0 Å². The van der Waals surface area contributed by atoms with Crippen LogP contribution in [0.5, 0.6) is 0 Å². The molecule has 1 amide bonds. The zero-order valence-corrected chi connectivity index (χ0v) is 14.8. The molecule has 26 heavy (non-hydrogen) atoms. The Labute approximate surface area is 152 Å². The zero-order chi connectivity index (χ0) is 18.5. The van der Waals surface area contributed by atoms with Crippen molar-refractivity contribution in [2.75, 3.05) is 31.5 Å². The number of hydrogen-bond donors (Lipinski definition) is 2. The lowest BCUT2D eigenvalue weighted by molar-refractivity contribution is -0.118. The molecule has 1 atom stereocenters. The van der Waals surface area contributed by atoms with Crippen molar-refractivity contribution >= 4 is 11.6 Å². The van der Waals surface area contributed by atoms with Crippen LogP contribution in [0.15, 0.2) is 42.5 Å². The highest BCUT2D eigenvalue weighted by atomic mass is 19.1. The molecule has 0 aromatic heterocycles. The first-order chi connectivity index (χ1) is 12.6. The molecule has 6 heteroatoms. The highest BCUT2D eigenvalue weighted by Gasteiger charge is 2.25. The summed E-state index contributed by atoms with van der Waals surface area (Å²) in [5.74, 6) is -1.59. The topological polar surface area (TPSA) is 44.4 Å². The van der Waals surface area contributed by atoms with E-state index in [4.69, 9.17) is 0 Å². The number of amides is 1. The fourth-order valence-corrected chi connectivity index (χ4v) is 3.21. The maximum Gasteiger partial charge on any atom is 0.238 e. The van der Waals surface area contributed by atoms with Gasteiger partial charge in [0.1, 0.15) is 11.6 Å². The number of piperazine rings is 1. The van der Waals surface area contributed by atoms with Crippen molar-refractivity contribution < 1.29 is 13.6 Å². The summed E-state index contributed by atoms with van der Waals surface area (Å²) in [6, 6.07) is 11.5. The summed E-state index contributed by atoms with van der Waals surface area (Å²) in [6.45, 7) is 4.47. The van der Waals surface area contributed by atoms with E-state index in [2.05, 4.69) is 46.7 Å². The molecule has 1 fully saturated rings. The molecule has 0 bridgehead atoms. The minimum atomic E-state index is -0.647. The van der Waals surface area contributed by atoms with Crippen molar-refractivity contribution in [3.05, 3.63) is 65.2 Å². The highest BCUT2D eigenvalue weighted by molar-refractivity contribution is 5.92. The summed E-state index contributed by atoms with van der Waals surface area (Å²) < 4.78 is 27.0. The number of benzene rings is 2. The molecule has 2 aromatic rings. The molecule has 0 saturated carbocycles. The maximum absolute atomic E-state index is 13.7. The van der Waals surface area contributed by atoms with Crippen LogP contribution < -0.4 is 10.6 Å². The number of aryl methyl sites for hydroxylation is 1. The number of nitrogens with zero attached hydrogens (tertiary/aromatic N) is 1. The fourth-order valence-electron chi connectivity index (χ4n) is 3.21. The van der Waals surface area contributed by atoms with E-state index >= 15 is 0 Å². The zero-order valence-electron chi connectivity index (χ0n) is 14.8. The second-order valence-electron chi connectivity index (χ2n) is 6.46. The number of rotatable bonds is 5. The lowest BCUT2D eigenvalue weighted by Crippen LogP contribution is -2.48. The van der Waals surface area contributed by atoms with Crippen LogP contribution in [-0.2, 0) is 11.2 Å². The van der Waals surface area contributed by atoms with E-state index < -0.39 is 11.6 Å². The van der Waals surface area contributed by atoms with Gasteiger partial charge in [0, 0.05) is 31.7 Å². The van der Waals surface area contributed by atoms with E-state index in [0.29, 0.717) is 6.54 Å². The Hall–Kier alpha value is -2.31. The second-order valence-corrected chi connectivity index (χ2v) is 6.46. The molecule has 4 nitrogen and oxygen atoms in total. The van der Waals surface area contributed by atoms with Crippen LogP contribution in [0.4, 0.5) is 14.5 Å². The van der Waals surface area contributed by atoms with E-state index in [1.165, 1.54) is 5.56 Å². The Morgan fingerprint density at radius 2 is 2.00 bits per heavy atom. The summed E-state index contributed by atoms with van der Waals surface area (Å²) in [4.78, 5) is 14.4. The molecular weight excluding hydrogens is 336 g/mol. The first-order valence-corrected chi connectivity index (χ1v) is 8.85. The summed E-state index contributed by atoms with van der Waals surface area (Å²) in [7, 11) is 0. The van der Waals surface area contributed by atoms with Gasteiger partial charge in [0.2, 0.25) is 5.91 Å². The van der Waals surface area contributed by atoms with Crippen molar-refractivity contribution in [2.45, 2.75) is 19.4 Å². The van der Waals surface area contributed by atoms with Gasteiger partial charge in [-0.25, -0.2) is 8.78 Å². The Morgan fingerprint density at radius 3 is 2.73 bits per heavy atom. The maximum atomic E-state index is 13.7. The van der Waals surface area contributed by atoms with Gasteiger partial charge in [-0.3, -0.25) is 9.69 Å². The molecule has 0 radical (unpaired) electrons. The van der Waals surface area contributed by atoms with E-state index in [1.807, 2.05) is 0 Å². The lowest BCUT2D eigenvalue weighted by Gasteiger charge is -2.36. The summed E-state index contributed by atoms with van der Waals surface area (Å²) in [5, 5.41) is 5.82. The first-order valence-electron chi connectivity index (χ1n) is 8.85. The number of anilines is 1. The van der Waals surface area contributed by atoms with Crippen molar-refractivity contribution in [2.24, 2.45) is 0 Å². The molecule has 0 spiro atoms. The summed E-state index contributed by atoms with van der Waals surface area (Å²) in [6.07, 6.45) is 0.981. The molecule has 2 aromatic carbocycles. The number of hydrogen-bond acceptors (Lipinski definition) is 3. The molecule has 1 saturated heterocycles. The Bertz CT molecular complexity index is 764. The average Bonchev–Trinajstić information content (AvgIpc) is 2.65. The van der Waals surface area contributed by atoms with Crippen LogP contribution in [0.3, 0.4) is 0 Å². The third-order valence-corrected chi connectivity index (χ3v) is 4.68. The van der Waals surface area contributed by atoms with E-state index in [9.17, 15) is 13.6 Å². The Balaban J connectivity index is 1.69. The fraction of sp³-hybridized carbons (Fsp3) is 0.350. The van der Waals surface area contributed by atoms with Crippen molar-refractivity contribution in [3.63, 3.8) is 0 Å². The number of carbonyl (C=O) groups excluding carboxylic acids is 1. The predicted octanol–water partition coefficient (Wildman–Crippen LogP) is 3.11. The minimum Gasteiger partial charge on any atom is -0.322 e. The van der Waals surface area contributed by atoms with Gasteiger partial charge in [-0.1, -0.05) is 31.2 Å². The smallest absolute Gasteiger partial charge is 0.238 e. The predicted molar refractivity (Wildman–Crippen MR) is 98.0 cm³/mol. The van der Waals surface area contributed by atoms with Gasteiger partial charge in [-0.15, -0.1) is 0 Å². The van der Waals surface area contributed by atoms with E-state index in [0.717, 1.165) is 43.3 Å². The van der Waals surface area contributed by atoms with Crippen LogP contribution in [0.2, 0.25) is 0 Å². The third kappa shape index (κ3) is 4.45. The second kappa shape index (κ2) is 8.38. The monoisotopic (exact) mass is 359 g/mol. The van der Waals surface area contributed by atoms with Crippen LogP contribution in [0.1, 0.15) is 24.1 Å². The van der Waals surface area contributed by atoms with Crippen LogP contribution in [-0.4, -0.2) is 37.0 Å². The summed E-state index contributed by atoms with van der Waals surface area (Å²) in [5.41, 5.74) is 2.27. The van der Waals surface area contributed by atoms with Gasteiger partial charge in [0.05, 0.1) is 12.2 Å². The Kier molecular flexibility index (Phi) is 5.96. The lowest BCUT2D eigenvalue weighted by atomic mass is 10.0. The van der Waals surface area contributed by atoms with Crippen molar-refractivity contribution in [1.82, 2.24) is 10.2 Å². The van der Waals surface area contributed by atoms with Gasteiger partial charge >= 0.3 is 0 Å². The molecule has 3 rings (SSSR count). The normalized spacial score (nSPS) is 17.9. The molecule has 138 valence electrons. The first kappa shape index (κ1) is 18.5. The van der Waals surface area contributed by atoms with E-state index in [-0.39, 0.29) is 24.2 Å². The molecular formula is C20H23F2N3O. The largest absolute Gasteiger partial charge is 0.322 e. The van der Waals surface area contributed by atoms with Crippen LogP contribution >= 0.6 is 0 Å². The number of nitrogens with one attached hydrogen (secondary N) is 2. The quantitative estimate of drug-likeness (QED) is 0.862. The molecule has 1 unspecified atom stereocenters. The molecule has 1 aliphatic heterocycles. The number of carbonyl (C=O) groups is 1. The van der Waals surface area contributed by atoms with Crippen LogP contribution in [0, 0.1) is 11.6 Å². The molecule has 0 aliphatic carbocycles.